The lowest BCUT2D eigenvalue weighted by Gasteiger charge is -1.94. The number of tetrazole rings is 1. The summed E-state index contributed by atoms with van der Waals surface area (Å²) < 4.78 is 12.7. The molecular formula is C14H7N7O2S. The molecule has 5 rings (SSSR count). The topological polar surface area (TPSA) is 108 Å². The van der Waals surface area contributed by atoms with Crippen LogP contribution in [0.3, 0.4) is 0 Å². The molecule has 5 aromatic rings. The Morgan fingerprint density at radius 2 is 1.92 bits per heavy atom. The minimum atomic E-state index is 0.317. The number of rotatable bonds is 3. The highest BCUT2D eigenvalue weighted by Gasteiger charge is 2.15. The molecule has 0 fully saturated rings. The van der Waals surface area contributed by atoms with E-state index in [4.69, 9.17) is 8.83 Å². The summed E-state index contributed by atoms with van der Waals surface area (Å²) in [7, 11) is 0. The number of hydrogen-bond donors (Lipinski definition) is 0. The molecule has 0 aliphatic heterocycles. The predicted octanol–water partition coefficient (Wildman–Crippen LogP) is 2.47. The maximum absolute atomic E-state index is 5.71. The molecule has 0 atom stereocenters. The van der Waals surface area contributed by atoms with Crippen molar-refractivity contribution in [1.29, 1.82) is 0 Å². The number of hydrogen-bond acceptors (Lipinski definition) is 9. The summed E-state index contributed by atoms with van der Waals surface area (Å²) in [6.45, 7) is 0. The van der Waals surface area contributed by atoms with E-state index in [0.29, 0.717) is 27.5 Å². The van der Waals surface area contributed by atoms with Gasteiger partial charge in [-0.05, 0) is 46.5 Å². The van der Waals surface area contributed by atoms with Crippen LogP contribution in [0.2, 0.25) is 0 Å². The zero-order valence-electron chi connectivity index (χ0n) is 11.9. The Hall–Kier alpha value is -3.27. The van der Waals surface area contributed by atoms with Crippen LogP contribution in [0.1, 0.15) is 0 Å². The van der Waals surface area contributed by atoms with E-state index in [1.165, 1.54) is 16.4 Å². The molecule has 0 amide bonds. The number of benzene rings is 1. The van der Waals surface area contributed by atoms with Crippen molar-refractivity contribution in [3.8, 4) is 11.7 Å². The van der Waals surface area contributed by atoms with Crippen molar-refractivity contribution in [3.63, 3.8) is 0 Å². The van der Waals surface area contributed by atoms with E-state index in [0.717, 1.165) is 11.0 Å². The fourth-order valence-corrected chi connectivity index (χ4v) is 2.85. The molecule has 116 valence electrons. The molecule has 0 bridgehead atoms. The molecule has 0 aliphatic rings. The number of aromatic nitrogens is 7. The summed E-state index contributed by atoms with van der Waals surface area (Å²) in [5.41, 5.74) is 1.33. The van der Waals surface area contributed by atoms with Gasteiger partial charge < -0.3 is 8.83 Å². The third-order valence-electron chi connectivity index (χ3n) is 3.28. The lowest BCUT2D eigenvalue weighted by molar-refractivity contribution is 0.451. The Morgan fingerprint density at radius 1 is 0.958 bits per heavy atom. The lowest BCUT2D eigenvalue weighted by Crippen LogP contribution is -1.95. The molecule has 0 spiro atoms. The first kappa shape index (κ1) is 13.2. The summed E-state index contributed by atoms with van der Waals surface area (Å²) in [5, 5.41) is 25.3. The fourth-order valence-electron chi connectivity index (χ4n) is 2.22. The van der Waals surface area contributed by atoms with E-state index in [1.807, 2.05) is 30.3 Å². The maximum atomic E-state index is 5.71. The van der Waals surface area contributed by atoms with E-state index in [2.05, 4.69) is 30.8 Å². The van der Waals surface area contributed by atoms with Gasteiger partial charge in [0.15, 0.2) is 11.4 Å². The van der Waals surface area contributed by atoms with Crippen molar-refractivity contribution in [2.45, 2.75) is 10.2 Å². The Morgan fingerprint density at radius 3 is 2.88 bits per heavy atom. The zero-order chi connectivity index (χ0) is 15.9. The van der Waals surface area contributed by atoms with Crippen molar-refractivity contribution in [2.75, 3.05) is 0 Å². The van der Waals surface area contributed by atoms with Gasteiger partial charge in [0.2, 0.25) is 0 Å². The summed E-state index contributed by atoms with van der Waals surface area (Å²) in [4.78, 5) is 0. The average Bonchev–Trinajstić information content (AvgIpc) is 3.33. The predicted molar refractivity (Wildman–Crippen MR) is 82.2 cm³/mol. The number of furan rings is 1. The van der Waals surface area contributed by atoms with Gasteiger partial charge in [-0.3, -0.25) is 0 Å². The van der Waals surface area contributed by atoms with Crippen LogP contribution in [0.5, 0.6) is 0 Å². The van der Waals surface area contributed by atoms with E-state index < -0.39 is 0 Å². The monoisotopic (exact) mass is 337 g/mol. The Kier molecular flexibility index (Phi) is 2.82. The summed E-state index contributed by atoms with van der Waals surface area (Å²) in [6, 6.07) is 13.1. The van der Waals surface area contributed by atoms with Gasteiger partial charge in [0.25, 0.3) is 11.1 Å². The van der Waals surface area contributed by atoms with E-state index >= 15 is 0 Å². The highest BCUT2D eigenvalue weighted by atomic mass is 32.2. The second-order valence-corrected chi connectivity index (χ2v) is 5.79. The summed E-state index contributed by atoms with van der Waals surface area (Å²) in [6.07, 6.45) is 0. The molecule has 9 nitrogen and oxygen atoms in total. The largest absolute Gasteiger partial charge is 0.451 e. The molecule has 0 saturated carbocycles. The van der Waals surface area contributed by atoms with E-state index in [1.54, 1.807) is 12.1 Å². The molecule has 4 aromatic heterocycles. The second-order valence-electron chi connectivity index (χ2n) is 4.82. The molecule has 0 saturated heterocycles. The Balaban J connectivity index is 1.45. The highest BCUT2D eigenvalue weighted by molar-refractivity contribution is 7.99. The first-order chi connectivity index (χ1) is 11.8. The molecule has 24 heavy (non-hydrogen) atoms. The first-order valence-corrected chi connectivity index (χ1v) is 7.72. The van der Waals surface area contributed by atoms with Crippen LogP contribution >= 0.6 is 11.8 Å². The molecule has 10 heteroatoms. The van der Waals surface area contributed by atoms with Crippen LogP contribution < -0.4 is 0 Å². The smallest absolute Gasteiger partial charge is 0.284 e. The standard InChI is InChI=1S/C14H7N7O2S/c1-2-4-9-8(3-1)7-10(22-9)13-16-17-14(23-13)24-12-6-5-11-15-19-20-21(11)18-12/h1-7H. The maximum Gasteiger partial charge on any atom is 0.284 e. The average molecular weight is 337 g/mol. The lowest BCUT2D eigenvalue weighted by atomic mass is 10.2. The molecule has 0 radical (unpaired) electrons. The molecule has 4 heterocycles. The SMILES string of the molecule is c1ccc2oc(-c3nnc(Sc4ccc5nnnn5n4)o3)cc2c1. The van der Waals surface area contributed by atoms with Crippen LogP contribution in [0.4, 0.5) is 0 Å². The molecule has 0 aliphatic carbocycles. The van der Waals surface area contributed by atoms with Crippen LogP contribution in [0, 0.1) is 0 Å². The molecule has 1 aromatic carbocycles. The van der Waals surface area contributed by atoms with Gasteiger partial charge in [0.05, 0.1) is 0 Å². The van der Waals surface area contributed by atoms with Crippen molar-refractivity contribution < 1.29 is 8.83 Å². The van der Waals surface area contributed by atoms with E-state index in [9.17, 15) is 0 Å². The zero-order valence-corrected chi connectivity index (χ0v) is 12.7. The second kappa shape index (κ2) is 5.13. The molecular weight excluding hydrogens is 330 g/mol. The normalized spacial score (nSPS) is 11.5. The van der Waals surface area contributed by atoms with Gasteiger partial charge in [0, 0.05) is 5.39 Å². The third kappa shape index (κ3) is 2.20. The number of nitrogens with zero attached hydrogens (tertiary/aromatic N) is 7. The van der Waals surface area contributed by atoms with Crippen molar-refractivity contribution in [3.05, 3.63) is 42.5 Å². The van der Waals surface area contributed by atoms with Crippen LogP contribution in [-0.4, -0.2) is 35.5 Å². The van der Waals surface area contributed by atoms with Gasteiger partial charge >= 0.3 is 0 Å². The third-order valence-corrected chi connectivity index (χ3v) is 4.05. The molecule has 0 unspecified atom stereocenters. The fraction of sp³-hybridized carbons (Fsp3) is 0. The molecule has 0 N–H and O–H groups in total. The van der Waals surface area contributed by atoms with Gasteiger partial charge in [-0.25, -0.2) is 0 Å². The first-order valence-electron chi connectivity index (χ1n) is 6.91. The van der Waals surface area contributed by atoms with E-state index in [-0.39, 0.29) is 0 Å². The summed E-state index contributed by atoms with van der Waals surface area (Å²) >= 11 is 1.22. The minimum Gasteiger partial charge on any atom is -0.451 e. The van der Waals surface area contributed by atoms with Crippen LogP contribution in [0.25, 0.3) is 28.3 Å². The highest BCUT2D eigenvalue weighted by Crippen LogP contribution is 2.30. The number of para-hydroxylation sites is 1. The van der Waals surface area contributed by atoms with Gasteiger partial charge in [-0.2, -0.15) is 0 Å². The van der Waals surface area contributed by atoms with Gasteiger partial charge in [-0.15, -0.1) is 25.0 Å². The van der Waals surface area contributed by atoms with Crippen molar-refractivity contribution in [1.82, 2.24) is 35.5 Å². The van der Waals surface area contributed by atoms with Crippen LogP contribution in [0.15, 0.2) is 61.5 Å². The summed E-state index contributed by atoms with van der Waals surface area (Å²) in [5.74, 6) is 0.844. The number of fused-ring (bicyclic) bond motifs is 2. The van der Waals surface area contributed by atoms with Gasteiger partial charge in [0.1, 0.15) is 10.6 Å². The minimum absolute atomic E-state index is 0.317. The van der Waals surface area contributed by atoms with Gasteiger partial charge in [-0.1, -0.05) is 18.2 Å². The Labute approximate surface area is 137 Å². The van der Waals surface area contributed by atoms with Crippen molar-refractivity contribution >= 4 is 28.4 Å². The van der Waals surface area contributed by atoms with Crippen LogP contribution in [-0.2, 0) is 0 Å². The van der Waals surface area contributed by atoms with Crippen molar-refractivity contribution in [2.24, 2.45) is 0 Å². The Bertz CT molecular complexity index is 1130. The quantitative estimate of drug-likeness (QED) is 0.490.